The van der Waals surface area contributed by atoms with Crippen LogP contribution in [0.25, 0.3) is 0 Å². The van der Waals surface area contributed by atoms with Gasteiger partial charge in [-0.3, -0.25) is 24.6 Å². The molecule has 1 aromatic rings. The van der Waals surface area contributed by atoms with Gasteiger partial charge >= 0.3 is 6.03 Å². The predicted molar refractivity (Wildman–Crippen MR) is 70.3 cm³/mol. The van der Waals surface area contributed by atoms with Crippen LogP contribution in [0.4, 0.5) is 10.5 Å². The van der Waals surface area contributed by atoms with Crippen molar-refractivity contribution in [3.63, 3.8) is 0 Å². The molecule has 1 aromatic carbocycles. The van der Waals surface area contributed by atoms with E-state index in [1.165, 1.54) is 0 Å². The Morgan fingerprint density at radius 2 is 1.90 bits per heavy atom. The fourth-order valence-corrected chi connectivity index (χ4v) is 2.14. The number of hydrogen-bond donors (Lipinski definition) is 2. The highest BCUT2D eigenvalue weighted by atomic mass is 16.2. The largest absolute Gasteiger partial charge is 0.351 e. The van der Waals surface area contributed by atoms with Crippen molar-refractivity contribution in [2.24, 2.45) is 5.73 Å². The number of hydrogen-bond acceptors (Lipinski definition) is 4. The summed E-state index contributed by atoms with van der Waals surface area (Å²) in [5, 5.41) is 1.86. The number of Topliss-reactive ketones (excluding diaryl/α,β-unsaturated/α-hetero) is 1. The van der Waals surface area contributed by atoms with Crippen molar-refractivity contribution in [2.45, 2.75) is 13.8 Å². The lowest BCUT2D eigenvalue weighted by molar-refractivity contribution is -0.121. The topological polar surface area (TPSA) is 110 Å². The second-order valence-electron chi connectivity index (χ2n) is 4.54. The molecule has 0 saturated carbocycles. The van der Waals surface area contributed by atoms with Gasteiger partial charge in [0.1, 0.15) is 6.54 Å². The maximum Gasteiger partial charge on any atom is 0.318 e. The number of anilines is 1. The number of imide groups is 1. The molecule has 104 valence electrons. The van der Waals surface area contributed by atoms with Gasteiger partial charge in [-0.05, 0) is 31.0 Å². The van der Waals surface area contributed by atoms with E-state index in [9.17, 15) is 19.2 Å². The zero-order valence-electron chi connectivity index (χ0n) is 11.0. The molecular weight excluding hydrogens is 262 g/mol. The van der Waals surface area contributed by atoms with E-state index in [2.05, 4.69) is 0 Å². The van der Waals surface area contributed by atoms with Gasteiger partial charge in [-0.15, -0.1) is 0 Å². The molecular formula is C13H13N3O4. The summed E-state index contributed by atoms with van der Waals surface area (Å²) in [6, 6.07) is 2.30. The molecule has 0 saturated heterocycles. The first-order valence-electron chi connectivity index (χ1n) is 5.88. The Bertz CT molecular complexity index is 651. The molecule has 3 N–H and O–H groups in total. The van der Waals surface area contributed by atoms with Crippen LogP contribution in [0.5, 0.6) is 0 Å². The number of rotatable bonds is 2. The van der Waals surface area contributed by atoms with Crippen molar-refractivity contribution < 1.29 is 19.2 Å². The number of carbonyl (C=O) groups excluding carboxylic acids is 4. The number of nitrogens with two attached hydrogens (primary N) is 1. The summed E-state index contributed by atoms with van der Waals surface area (Å²) in [7, 11) is 0. The normalized spacial score (nSPS) is 13.4. The molecule has 1 heterocycles. The number of carbonyl (C=O) groups is 4. The first-order chi connectivity index (χ1) is 9.32. The Morgan fingerprint density at radius 3 is 2.50 bits per heavy atom. The van der Waals surface area contributed by atoms with E-state index in [1.54, 1.807) is 19.1 Å². The van der Waals surface area contributed by atoms with E-state index in [-0.39, 0.29) is 5.56 Å². The molecule has 4 amide bonds. The third-order valence-electron chi connectivity index (χ3n) is 3.22. The molecule has 20 heavy (non-hydrogen) atoms. The Hall–Kier alpha value is -2.70. The van der Waals surface area contributed by atoms with Crippen molar-refractivity contribution in [2.75, 3.05) is 11.4 Å². The fraction of sp³-hybridized carbons (Fsp3) is 0.231. The first kappa shape index (κ1) is 13.7. The predicted octanol–water partition coefficient (Wildman–Crippen LogP) is 0.0276. The second-order valence-corrected chi connectivity index (χ2v) is 4.54. The lowest BCUT2D eigenvalue weighted by Crippen LogP contribution is -2.44. The van der Waals surface area contributed by atoms with Crippen LogP contribution in [0.2, 0.25) is 0 Å². The smallest absolute Gasteiger partial charge is 0.318 e. The van der Waals surface area contributed by atoms with E-state index in [1.807, 2.05) is 12.2 Å². The molecule has 0 aliphatic carbocycles. The average Bonchev–Trinajstić information content (AvgIpc) is 2.58. The lowest BCUT2D eigenvalue weighted by atomic mass is 10.0. The maximum absolute atomic E-state index is 11.9. The van der Waals surface area contributed by atoms with Gasteiger partial charge in [-0.2, -0.15) is 0 Å². The Labute approximate surface area is 114 Å². The van der Waals surface area contributed by atoms with E-state index in [0.717, 1.165) is 16.0 Å². The summed E-state index contributed by atoms with van der Waals surface area (Å²) in [4.78, 5) is 47.0. The standard InChI is InChI=1S/C13H13N3O4/c1-6-3-4-8-10(7(6)2)16(12(19)11(8)18)5-9(17)15-13(14)20/h3-4H,5H2,1-2H3,(H3,14,15,17,20). The quantitative estimate of drug-likeness (QED) is 0.742. The van der Waals surface area contributed by atoms with Gasteiger partial charge in [0.2, 0.25) is 5.91 Å². The van der Waals surface area contributed by atoms with E-state index in [4.69, 9.17) is 5.73 Å². The van der Waals surface area contributed by atoms with Crippen molar-refractivity contribution in [1.29, 1.82) is 0 Å². The number of benzene rings is 1. The zero-order chi connectivity index (χ0) is 15.0. The fourth-order valence-electron chi connectivity index (χ4n) is 2.14. The number of amides is 4. The molecule has 0 spiro atoms. The lowest BCUT2D eigenvalue weighted by Gasteiger charge is -2.18. The van der Waals surface area contributed by atoms with Crippen LogP contribution in [0.3, 0.4) is 0 Å². The summed E-state index contributed by atoms with van der Waals surface area (Å²) in [6.45, 7) is 3.17. The average molecular weight is 275 g/mol. The van der Waals surface area contributed by atoms with Crippen molar-refractivity contribution in [3.8, 4) is 0 Å². The number of primary amides is 1. The van der Waals surface area contributed by atoms with E-state index >= 15 is 0 Å². The minimum Gasteiger partial charge on any atom is -0.351 e. The highest BCUT2D eigenvalue weighted by Crippen LogP contribution is 2.33. The molecule has 0 fully saturated rings. The summed E-state index contributed by atoms with van der Waals surface area (Å²) in [5.41, 5.74) is 7.16. The van der Waals surface area contributed by atoms with Gasteiger partial charge in [0.15, 0.2) is 0 Å². The molecule has 1 aliphatic rings. The van der Waals surface area contributed by atoms with E-state index < -0.39 is 30.2 Å². The molecule has 0 atom stereocenters. The van der Waals surface area contributed by atoms with Crippen LogP contribution in [-0.4, -0.2) is 30.2 Å². The molecule has 7 nitrogen and oxygen atoms in total. The highest BCUT2D eigenvalue weighted by Gasteiger charge is 2.38. The molecule has 0 aromatic heterocycles. The summed E-state index contributed by atoms with van der Waals surface area (Å²) < 4.78 is 0. The van der Waals surface area contributed by atoms with Gasteiger partial charge in [0.25, 0.3) is 11.7 Å². The number of urea groups is 1. The summed E-state index contributed by atoms with van der Waals surface area (Å²) in [6.07, 6.45) is 0. The van der Waals surface area contributed by atoms with E-state index in [0.29, 0.717) is 5.69 Å². The number of ketones is 1. The van der Waals surface area contributed by atoms with Crippen LogP contribution >= 0.6 is 0 Å². The second kappa shape index (κ2) is 4.76. The van der Waals surface area contributed by atoms with Gasteiger partial charge in [0.05, 0.1) is 11.3 Å². The summed E-state index contributed by atoms with van der Waals surface area (Å²) in [5.74, 6) is -2.18. The van der Waals surface area contributed by atoms with Crippen molar-refractivity contribution in [3.05, 3.63) is 28.8 Å². The minimum atomic E-state index is -1.01. The van der Waals surface area contributed by atoms with Gasteiger partial charge < -0.3 is 5.73 Å². The zero-order valence-corrected chi connectivity index (χ0v) is 11.0. The Morgan fingerprint density at radius 1 is 1.25 bits per heavy atom. The number of fused-ring (bicyclic) bond motifs is 1. The SMILES string of the molecule is Cc1ccc2c(c1C)N(CC(=O)NC(N)=O)C(=O)C2=O. The molecule has 7 heteroatoms. The van der Waals surface area contributed by atoms with Crippen LogP contribution in [0.15, 0.2) is 12.1 Å². The molecule has 0 unspecified atom stereocenters. The maximum atomic E-state index is 11.9. The number of nitrogens with zero attached hydrogens (tertiary/aromatic N) is 1. The Balaban J connectivity index is 2.40. The molecule has 1 aliphatic heterocycles. The van der Waals surface area contributed by atoms with Crippen molar-refractivity contribution >= 4 is 29.3 Å². The molecule has 2 rings (SSSR count). The van der Waals surface area contributed by atoms with Crippen LogP contribution in [0.1, 0.15) is 21.5 Å². The first-order valence-corrected chi connectivity index (χ1v) is 5.88. The number of nitrogens with one attached hydrogen (secondary N) is 1. The number of aryl methyl sites for hydroxylation is 1. The van der Waals surface area contributed by atoms with Crippen LogP contribution in [-0.2, 0) is 9.59 Å². The summed E-state index contributed by atoms with van der Waals surface area (Å²) >= 11 is 0. The van der Waals surface area contributed by atoms with Crippen molar-refractivity contribution in [1.82, 2.24) is 5.32 Å². The highest BCUT2D eigenvalue weighted by molar-refractivity contribution is 6.52. The third kappa shape index (κ3) is 2.13. The minimum absolute atomic E-state index is 0.268. The molecule has 0 bridgehead atoms. The van der Waals surface area contributed by atoms with Gasteiger partial charge in [-0.25, -0.2) is 4.79 Å². The van der Waals surface area contributed by atoms with Gasteiger partial charge in [0, 0.05) is 0 Å². The van der Waals surface area contributed by atoms with Crippen LogP contribution in [0, 0.1) is 13.8 Å². The molecule has 0 radical (unpaired) electrons. The monoisotopic (exact) mass is 275 g/mol. The van der Waals surface area contributed by atoms with Gasteiger partial charge in [-0.1, -0.05) is 6.07 Å². The Kier molecular flexibility index (Phi) is 3.27. The van der Waals surface area contributed by atoms with Crippen LogP contribution < -0.4 is 16.0 Å². The third-order valence-corrected chi connectivity index (χ3v) is 3.22.